The van der Waals surface area contributed by atoms with Crippen LogP contribution < -0.4 is 0 Å². The van der Waals surface area contributed by atoms with Gasteiger partial charge in [0.05, 0.1) is 0 Å². The fraction of sp³-hybridized carbons (Fsp3) is 0.800. The number of nitrogens with one attached hydrogen (secondary N) is 1. The molecule has 0 aromatic carbocycles. The van der Waals surface area contributed by atoms with Crippen LogP contribution in [0.3, 0.4) is 0 Å². The average Bonchev–Trinajstić information content (AvgIpc) is 2.74. The normalized spacial score (nSPS) is 42.8. The zero-order chi connectivity index (χ0) is 11.8. The van der Waals surface area contributed by atoms with Crippen LogP contribution in [0.4, 0.5) is 0 Å². The molecule has 0 saturated heterocycles. The molecule has 5 nitrogen and oxygen atoms in total. The maximum absolute atomic E-state index is 11.1. The molecular formula is C10H12ClN3O2S. The van der Waals surface area contributed by atoms with E-state index in [2.05, 4.69) is 15.2 Å². The summed E-state index contributed by atoms with van der Waals surface area (Å²) >= 11 is 0. The summed E-state index contributed by atoms with van der Waals surface area (Å²) in [6.07, 6.45) is 4.02. The van der Waals surface area contributed by atoms with E-state index in [1.807, 2.05) is 0 Å². The topological polar surface area (TPSA) is 75.7 Å². The first kappa shape index (κ1) is 10.3. The highest BCUT2D eigenvalue weighted by Crippen LogP contribution is 2.72. The Labute approximate surface area is 103 Å². The Morgan fingerprint density at radius 1 is 1.24 bits per heavy atom. The van der Waals surface area contributed by atoms with E-state index in [4.69, 9.17) is 10.7 Å². The number of rotatable bonds is 2. The van der Waals surface area contributed by atoms with Crippen molar-refractivity contribution < 1.29 is 8.42 Å². The predicted octanol–water partition coefficient (Wildman–Crippen LogP) is 1.49. The predicted molar refractivity (Wildman–Crippen MR) is 60.0 cm³/mol. The second kappa shape index (κ2) is 3.03. The zero-order valence-corrected chi connectivity index (χ0v) is 10.6. The van der Waals surface area contributed by atoms with Gasteiger partial charge in [0.15, 0.2) is 0 Å². The van der Waals surface area contributed by atoms with Gasteiger partial charge >= 0.3 is 0 Å². The van der Waals surface area contributed by atoms with Crippen molar-refractivity contribution in [2.75, 3.05) is 0 Å². The molecule has 1 N–H and O–H groups in total. The van der Waals surface area contributed by atoms with Crippen molar-refractivity contribution in [3.05, 3.63) is 5.82 Å². The molecule has 4 rings (SSSR count). The molecule has 3 fully saturated rings. The lowest BCUT2D eigenvalue weighted by atomic mass is 10.0. The first-order chi connectivity index (χ1) is 8.05. The highest BCUT2D eigenvalue weighted by Gasteiger charge is 2.66. The summed E-state index contributed by atoms with van der Waals surface area (Å²) in [6.45, 7) is 0. The number of halogens is 1. The van der Waals surface area contributed by atoms with Crippen molar-refractivity contribution in [3.63, 3.8) is 0 Å². The minimum Gasteiger partial charge on any atom is -0.262 e. The van der Waals surface area contributed by atoms with E-state index in [1.54, 1.807) is 0 Å². The van der Waals surface area contributed by atoms with E-state index >= 15 is 0 Å². The quantitative estimate of drug-likeness (QED) is 0.829. The summed E-state index contributed by atoms with van der Waals surface area (Å²) in [5, 5.41) is 6.15. The molecule has 17 heavy (non-hydrogen) atoms. The van der Waals surface area contributed by atoms with Gasteiger partial charge in [0.1, 0.15) is 5.82 Å². The van der Waals surface area contributed by atoms with Crippen LogP contribution in [0.15, 0.2) is 5.16 Å². The number of aromatic nitrogens is 3. The third-order valence-corrected chi connectivity index (χ3v) is 5.78. The zero-order valence-electron chi connectivity index (χ0n) is 9.01. The van der Waals surface area contributed by atoms with E-state index in [-0.39, 0.29) is 5.16 Å². The largest absolute Gasteiger partial charge is 0.298 e. The maximum atomic E-state index is 11.1. The van der Waals surface area contributed by atoms with Gasteiger partial charge in [-0.15, -0.1) is 5.10 Å². The molecule has 0 spiro atoms. The molecule has 0 aliphatic heterocycles. The van der Waals surface area contributed by atoms with Crippen LogP contribution in [0.5, 0.6) is 0 Å². The third-order valence-electron chi connectivity index (χ3n) is 4.75. The molecule has 1 heterocycles. The van der Waals surface area contributed by atoms with E-state index in [0.717, 1.165) is 17.7 Å². The Morgan fingerprint density at radius 3 is 2.41 bits per heavy atom. The second-order valence-corrected chi connectivity index (χ2v) is 7.91. The van der Waals surface area contributed by atoms with Gasteiger partial charge in [0, 0.05) is 16.6 Å². The van der Waals surface area contributed by atoms with Gasteiger partial charge in [-0.05, 0) is 42.9 Å². The molecule has 1 aromatic heterocycles. The van der Waals surface area contributed by atoms with E-state index in [1.165, 1.54) is 19.3 Å². The molecule has 3 aliphatic carbocycles. The van der Waals surface area contributed by atoms with Crippen LogP contribution in [-0.2, 0) is 9.05 Å². The maximum Gasteiger partial charge on any atom is 0.298 e. The summed E-state index contributed by atoms with van der Waals surface area (Å²) in [5.74, 6) is 4.21. The van der Waals surface area contributed by atoms with Gasteiger partial charge in [-0.25, -0.2) is 13.4 Å². The van der Waals surface area contributed by atoms with Crippen molar-refractivity contribution in [1.82, 2.24) is 15.2 Å². The van der Waals surface area contributed by atoms with Crippen molar-refractivity contribution >= 4 is 19.7 Å². The van der Waals surface area contributed by atoms with Crippen LogP contribution in [0.1, 0.15) is 31.0 Å². The van der Waals surface area contributed by atoms with Gasteiger partial charge in [-0.2, -0.15) is 0 Å². The lowest BCUT2D eigenvalue weighted by Gasteiger charge is -2.04. The monoisotopic (exact) mass is 273 g/mol. The number of nitrogens with zero attached hydrogens (tertiary/aromatic N) is 2. The molecule has 0 amide bonds. The number of hydrogen-bond acceptors (Lipinski definition) is 4. The van der Waals surface area contributed by atoms with Crippen LogP contribution in [-0.4, -0.2) is 23.6 Å². The van der Waals surface area contributed by atoms with E-state index in [0.29, 0.717) is 17.8 Å². The Kier molecular flexibility index (Phi) is 1.84. The van der Waals surface area contributed by atoms with Gasteiger partial charge in [-0.1, -0.05) is 0 Å². The first-order valence-electron chi connectivity index (χ1n) is 5.92. The average molecular weight is 274 g/mol. The molecule has 3 saturated carbocycles. The summed E-state index contributed by atoms with van der Waals surface area (Å²) in [6, 6.07) is 0. The number of aromatic amines is 1. The van der Waals surface area contributed by atoms with Crippen molar-refractivity contribution in [3.8, 4) is 0 Å². The lowest BCUT2D eigenvalue weighted by molar-refractivity contribution is 0.456. The van der Waals surface area contributed by atoms with Gasteiger partial charge < -0.3 is 0 Å². The van der Waals surface area contributed by atoms with Gasteiger partial charge in [0.2, 0.25) is 0 Å². The van der Waals surface area contributed by atoms with Gasteiger partial charge in [-0.3, -0.25) is 5.10 Å². The Morgan fingerprint density at radius 2 is 1.88 bits per heavy atom. The van der Waals surface area contributed by atoms with Crippen molar-refractivity contribution in [2.24, 2.45) is 23.7 Å². The van der Waals surface area contributed by atoms with Crippen molar-refractivity contribution in [1.29, 1.82) is 0 Å². The molecule has 3 aliphatic rings. The first-order valence-corrected chi connectivity index (χ1v) is 8.23. The third kappa shape index (κ3) is 1.34. The highest BCUT2D eigenvalue weighted by molar-refractivity contribution is 8.13. The molecule has 1 aromatic rings. The molecular weight excluding hydrogens is 262 g/mol. The van der Waals surface area contributed by atoms with Gasteiger partial charge in [0.25, 0.3) is 14.2 Å². The number of H-pyrrole nitrogens is 1. The van der Waals surface area contributed by atoms with Crippen molar-refractivity contribution in [2.45, 2.75) is 30.3 Å². The fourth-order valence-electron chi connectivity index (χ4n) is 4.21. The minimum atomic E-state index is -3.80. The summed E-state index contributed by atoms with van der Waals surface area (Å²) in [4.78, 5) is 4.04. The molecule has 4 atom stereocenters. The number of hydrogen-bond donors (Lipinski definition) is 1. The smallest absolute Gasteiger partial charge is 0.262 e. The van der Waals surface area contributed by atoms with Crippen LogP contribution >= 0.6 is 10.7 Å². The van der Waals surface area contributed by atoms with Crippen LogP contribution in [0, 0.1) is 23.7 Å². The minimum absolute atomic E-state index is 0.286. The molecule has 2 bridgehead atoms. The summed E-state index contributed by atoms with van der Waals surface area (Å²) in [7, 11) is 1.41. The number of fused-ring (bicyclic) bond motifs is 5. The highest BCUT2D eigenvalue weighted by atomic mass is 35.7. The fourth-order valence-corrected chi connectivity index (χ4v) is 4.78. The lowest BCUT2D eigenvalue weighted by Crippen LogP contribution is -1.99. The molecule has 7 heteroatoms. The van der Waals surface area contributed by atoms with E-state index < -0.39 is 9.05 Å². The SMILES string of the molecule is O=S(=O)(Cl)c1n[nH]c(C2C3C4CCC(C4)C23)n1. The Bertz CT molecular complexity index is 568. The summed E-state index contributed by atoms with van der Waals surface area (Å²) < 4.78 is 22.2. The summed E-state index contributed by atoms with van der Waals surface area (Å²) in [5.41, 5.74) is 0. The van der Waals surface area contributed by atoms with Crippen LogP contribution in [0.2, 0.25) is 0 Å². The van der Waals surface area contributed by atoms with Crippen LogP contribution in [0.25, 0.3) is 0 Å². The Hall–Kier alpha value is -0.620. The second-order valence-electron chi connectivity index (χ2n) is 5.45. The Balaban J connectivity index is 1.64. The molecule has 92 valence electrons. The molecule has 4 unspecified atom stereocenters. The van der Waals surface area contributed by atoms with E-state index in [9.17, 15) is 8.42 Å². The molecule has 0 radical (unpaired) electrons. The standard InChI is InChI=1S/C10H12ClN3O2S/c11-17(15,16)10-12-9(13-14-10)8-6-4-1-2-5(3-4)7(6)8/h4-8H,1-3H2,(H,12,13,14).